The van der Waals surface area contributed by atoms with Gasteiger partial charge in [-0.25, -0.2) is 14.2 Å². The third-order valence-electron chi connectivity index (χ3n) is 8.39. The predicted molar refractivity (Wildman–Crippen MR) is 149 cm³/mol. The van der Waals surface area contributed by atoms with Crippen LogP contribution in [0.3, 0.4) is 0 Å². The van der Waals surface area contributed by atoms with E-state index in [4.69, 9.17) is 19.7 Å². The zero-order valence-corrected chi connectivity index (χ0v) is 22.7. The Hall–Kier alpha value is -4.49. The number of benzene rings is 2. The van der Waals surface area contributed by atoms with E-state index in [0.29, 0.717) is 30.5 Å². The summed E-state index contributed by atoms with van der Waals surface area (Å²) in [6.45, 7) is 2.85. The molecule has 1 N–H and O–H groups in total. The van der Waals surface area contributed by atoms with Gasteiger partial charge in [0.25, 0.3) is 0 Å². The fourth-order valence-corrected chi connectivity index (χ4v) is 5.95. The van der Waals surface area contributed by atoms with Gasteiger partial charge in [0, 0.05) is 44.3 Å². The molecule has 2 aliphatic rings. The number of rotatable bonds is 9. The summed E-state index contributed by atoms with van der Waals surface area (Å²) in [5, 5.41) is 18.4. The third kappa shape index (κ3) is 5.21. The number of carboxylic acids is 1. The molecule has 0 radical (unpaired) electrons. The molecule has 1 aliphatic carbocycles. The summed E-state index contributed by atoms with van der Waals surface area (Å²) in [7, 11) is 1.66. The molecule has 2 fully saturated rings. The Morgan fingerprint density at radius 2 is 2.00 bits per heavy atom. The molecular formula is C31H30FN5O4. The van der Waals surface area contributed by atoms with E-state index >= 15 is 0 Å². The topological polar surface area (TPSA) is 114 Å². The minimum atomic E-state index is -0.951. The molecule has 6 rings (SSSR count). The maximum atomic E-state index is 14.2. The van der Waals surface area contributed by atoms with Crippen LogP contribution in [0, 0.1) is 22.6 Å². The molecule has 1 unspecified atom stereocenters. The fourth-order valence-electron chi connectivity index (χ4n) is 5.95. The number of halogens is 1. The monoisotopic (exact) mass is 555 g/mol. The van der Waals surface area contributed by atoms with Crippen LogP contribution in [0.2, 0.25) is 0 Å². The van der Waals surface area contributed by atoms with Crippen LogP contribution < -0.4 is 9.64 Å². The van der Waals surface area contributed by atoms with Crippen molar-refractivity contribution in [1.82, 2.24) is 14.5 Å². The number of aromatic carboxylic acids is 1. The highest BCUT2D eigenvalue weighted by molar-refractivity contribution is 5.92. The second kappa shape index (κ2) is 10.8. The maximum absolute atomic E-state index is 14.2. The minimum absolute atomic E-state index is 0.0246. The lowest BCUT2D eigenvalue weighted by molar-refractivity contribution is 0.0697. The average molecular weight is 556 g/mol. The smallest absolute Gasteiger partial charge is 0.335 e. The molecule has 210 valence electrons. The number of hydrogen-bond acceptors (Lipinski definition) is 7. The second-order valence-electron chi connectivity index (χ2n) is 10.8. The Morgan fingerprint density at radius 3 is 2.73 bits per heavy atom. The van der Waals surface area contributed by atoms with Crippen molar-refractivity contribution in [3.05, 3.63) is 82.9 Å². The van der Waals surface area contributed by atoms with Crippen LogP contribution in [0.5, 0.6) is 5.88 Å². The fraction of sp³-hybridized carbons (Fsp3) is 0.355. The molecule has 4 aromatic rings. The zero-order valence-electron chi connectivity index (χ0n) is 22.7. The molecule has 9 nitrogen and oxygen atoms in total. The van der Waals surface area contributed by atoms with Gasteiger partial charge in [0.05, 0.1) is 34.8 Å². The van der Waals surface area contributed by atoms with Gasteiger partial charge < -0.3 is 24.0 Å². The van der Waals surface area contributed by atoms with E-state index in [2.05, 4.69) is 14.5 Å². The number of carbonyl (C=O) groups is 1. The van der Waals surface area contributed by atoms with Crippen LogP contribution in [-0.4, -0.2) is 52.4 Å². The van der Waals surface area contributed by atoms with E-state index < -0.39 is 11.8 Å². The van der Waals surface area contributed by atoms with Crippen molar-refractivity contribution >= 4 is 22.8 Å². The molecule has 3 heterocycles. The first-order valence-electron chi connectivity index (χ1n) is 13.7. The highest BCUT2D eigenvalue weighted by Gasteiger charge is 2.57. The summed E-state index contributed by atoms with van der Waals surface area (Å²) in [4.78, 5) is 23.5. The number of hydrogen-bond donors (Lipinski definition) is 1. The Bertz CT molecular complexity index is 1650. The number of aromatic nitrogens is 3. The molecule has 1 aliphatic heterocycles. The number of nitriles is 1. The molecule has 1 atom stereocenters. The summed E-state index contributed by atoms with van der Waals surface area (Å²) >= 11 is 0. The van der Waals surface area contributed by atoms with Crippen LogP contribution in [0.4, 0.5) is 10.2 Å². The number of piperidine rings is 1. The van der Waals surface area contributed by atoms with Gasteiger partial charge in [0.1, 0.15) is 24.1 Å². The Balaban J connectivity index is 1.13. The lowest BCUT2D eigenvalue weighted by Crippen LogP contribution is -2.35. The SMILES string of the molecule is COCCn1c(C2CC23CCN(c2cccc(OCc4ccc(C#N)cc4F)n2)CC3)nc2ccc(C(=O)O)cc21. The van der Waals surface area contributed by atoms with Gasteiger partial charge in [-0.05, 0) is 61.1 Å². The van der Waals surface area contributed by atoms with Gasteiger partial charge in [-0.3, -0.25) is 0 Å². The van der Waals surface area contributed by atoms with Gasteiger partial charge in [-0.2, -0.15) is 10.2 Å². The van der Waals surface area contributed by atoms with Crippen molar-refractivity contribution < 1.29 is 23.8 Å². The Morgan fingerprint density at radius 1 is 1.17 bits per heavy atom. The molecule has 41 heavy (non-hydrogen) atoms. The zero-order chi connectivity index (χ0) is 28.6. The van der Waals surface area contributed by atoms with E-state index in [1.807, 2.05) is 18.2 Å². The summed E-state index contributed by atoms with van der Waals surface area (Å²) in [5.41, 5.74) is 2.70. The molecular weight excluding hydrogens is 525 g/mol. The summed E-state index contributed by atoms with van der Waals surface area (Å²) in [5.74, 6) is 1.14. The van der Waals surface area contributed by atoms with Gasteiger partial charge in [-0.15, -0.1) is 0 Å². The Kier molecular flexibility index (Phi) is 7.05. The highest BCUT2D eigenvalue weighted by Crippen LogP contribution is 2.65. The second-order valence-corrected chi connectivity index (χ2v) is 10.8. The van der Waals surface area contributed by atoms with Crippen molar-refractivity contribution in [3.63, 3.8) is 0 Å². The number of pyridine rings is 1. The van der Waals surface area contributed by atoms with E-state index in [9.17, 15) is 14.3 Å². The van der Waals surface area contributed by atoms with Crippen LogP contribution in [-0.2, 0) is 17.9 Å². The van der Waals surface area contributed by atoms with Crippen LogP contribution >= 0.6 is 0 Å². The predicted octanol–water partition coefficient (Wildman–Crippen LogP) is 5.14. The number of nitrogens with zero attached hydrogens (tertiary/aromatic N) is 5. The largest absolute Gasteiger partial charge is 0.478 e. The van der Waals surface area contributed by atoms with E-state index in [1.54, 1.807) is 43.5 Å². The van der Waals surface area contributed by atoms with Crippen LogP contribution in [0.15, 0.2) is 54.6 Å². The molecule has 0 bridgehead atoms. The quantitative estimate of drug-likeness (QED) is 0.302. The maximum Gasteiger partial charge on any atom is 0.335 e. The Labute approximate surface area is 236 Å². The van der Waals surface area contributed by atoms with Crippen molar-refractivity contribution in [1.29, 1.82) is 5.26 Å². The van der Waals surface area contributed by atoms with Gasteiger partial charge in [0.15, 0.2) is 0 Å². The first kappa shape index (κ1) is 26.7. The number of imidazole rings is 1. The summed E-state index contributed by atoms with van der Waals surface area (Å²) in [6.07, 6.45) is 3.04. The molecule has 2 aromatic carbocycles. The summed E-state index contributed by atoms with van der Waals surface area (Å²) in [6, 6.07) is 17.0. The lowest BCUT2D eigenvalue weighted by Gasteiger charge is -2.34. The van der Waals surface area contributed by atoms with E-state index in [0.717, 1.165) is 55.0 Å². The molecule has 0 amide bonds. The first-order valence-corrected chi connectivity index (χ1v) is 13.7. The third-order valence-corrected chi connectivity index (χ3v) is 8.39. The number of fused-ring (bicyclic) bond motifs is 1. The molecule has 1 saturated carbocycles. The minimum Gasteiger partial charge on any atom is -0.478 e. The normalized spacial score (nSPS) is 17.5. The van der Waals surface area contributed by atoms with E-state index in [-0.39, 0.29) is 23.1 Å². The number of methoxy groups -OCH3 is 1. The summed E-state index contributed by atoms with van der Waals surface area (Å²) < 4.78 is 27.5. The van der Waals surface area contributed by atoms with E-state index in [1.165, 1.54) is 6.07 Å². The molecule has 1 spiro atoms. The standard InChI is InChI=1S/C31H30FN5O4/c1-40-14-13-37-26-16-21(30(38)39)7-8-25(26)34-29(37)23-17-31(23)9-11-36(12-10-31)27-3-2-4-28(35-27)41-19-22-6-5-20(18-33)15-24(22)32/h2-8,15-16,23H,9-14,17,19H2,1H3,(H,38,39). The van der Waals surface area contributed by atoms with Crippen LogP contribution in [0.25, 0.3) is 11.0 Å². The van der Waals surface area contributed by atoms with Gasteiger partial charge in [0.2, 0.25) is 5.88 Å². The first-order chi connectivity index (χ1) is 19.9. The molecule has 10 heteroatoms. The van der Waals surface area contributed by atoms with Crippen molar-refractivity contribution in [2.75, 3.05) is 31.7 Å². The molecule has 1 saturated heterocycles. The van der Waals surface area contributed by atoms with Gasteiger partial charge in [-0.1, -0.05) is 12.1 Å². The van der Waals surface area contributed by atoms with Crippen molar-refractivity contribution in [2.24, 2.45) is 5.41 Å². The van der Waals surface area contributed by atoms with Gasteiger partial charge >= 0.3 is 5.97 Å². The number of ether oxygens (including phenoxy) is 2. The molecule has 2 aromatic heterocycles. The van der Waals surface area contributed by atoms with Crippen molar-refractivity contribution in [3.8, 4) is 11.9 Å². The average Bonchev–Trinajstić information content (AvgIpc) is 3.55. The lowest BCUT2D eigenvalue weighted by atomic mass is 9.90. The highest BCUT2D eigenvalue weighted by atomic mass is 19.1. The number of anilines is 1. The number of carboxylic acid groups (broad SMARTS) is 1. The van der Waals surface area contributed by atoms with Crippen molar-refractivity contribution in [2.45, 2.75) is 38.3 Å². The van der Waals surface area contributed by atoms with Crippen LogP contribution in [0.1, 0.15) is 52.5 Å².